The highest BCUT2D eigenvalue weighted by Gasteiger charge is 2.40. The zero-order valence-electron chi connectivity index (χ0n) is 42.1. The minimum atomic E-state index is -0.278. The Morgan fingerprint density at radius 2 is 0.616 bits per heavy atom. The number of anilines is 3. The molecule has 2 nitrogen and oxygen atoms in total. The van der Waals surface area contributed by atoms with Crippen molar-refractivity contribution in [2.24, 2.45) is 0 Å². The molecular formula is C71H53NO. The van der Waals surface area contributed by atoms with Gasteiger partial charge in [0.05, 0.1) is 0 Å². The van der Waals surface area contributed by atoms with Crippen molar-refractivity contribution < 1.29 is 4.42 Å². The average molecular weight is 936 g/mol. The lowest BCUT2D eigenvalue weighted by atomic mass is 9.80. The van der Waals surface area contributed by atoms with Crippen LogP contribution in [0.2, 0.25) is 0 Å². The lowest BCUT2D eigenvalue weighted by Crippen LogP contribution is -2.19. The number of furan rings is 1. The molecule has 0 amide bonds. The van der Waals surface area contributed by atoms with Gasteiger partial charge in [0.25, 0.3) is 0 Å². The summed E-state index contributed by atoms with van der Waals surface area (Å²) < 4.78 is 6.29. The van der Waals surface area contributed by atoms with Gasteiger partial charge < -0.3 is 9.32 Å². The highest BCUT2D eigenvalue weighted by molar-refractivity contribution is 6.22. The number of para-hydroxylation sites is 1. The smallest absolute Gasteiger partial charge is 0.135 e. The molecule has 3 aliphatic rings. The third-order valence-corrected chi connectivity index (χ3v) is 17.5. The average Bonchev–Trinajstić information content (AvgIpc) is 4.06. The maximum atomic E-state index is 6.29. The minimum Gasteiger partial charge on any atom is -0.456 e. The van der Waals surface area contributed by atoms with E-state index in [-0.39, 0.29) is 16.2 Å². The summed E-state index contributed by atoms with van der Waals surface area (Å²) >= 11 is 0. The first-order chi connectivity index (χ1) is 35.5. The van der Waals surface area contributed by atoms with Crippen molar-refractivity contribution in [1.82, 2.24) is 0 Å². The molecule has 11 aromatic carbocycles. The lowest BCUT2D eigenvalue weighted by molar-refractivity contribution is 0.659. The fourth-order valence-electron chi connectivity index (χ4n) is 13.8. The molecule has 1 heterocycles. The molecule has 2 heteroatoms. The number of hydrogen-bond donors (Lipinski definition) is 0. The summed E-state index contributed by atoms with van der Waals surface area (Å²) in [5, 5.41) is 7.27. The Morgan fingerprint density at radius 3 is 1.11 bits per heavy atom. The van der Waals surface area contributed by atoms with E-state index in [1.165, 1.54) is 122 Å². The molecule has 15 rings (SSSR count). The molecule has 0 saturated carbocycles. The SMILES string of the molecule is CC1(C)c2ccccc2-c2ccc(N(c3ccc4c(c3)C(C)(C)c3ccccc3-4)c3ccc4c(c3)C(C)(C)c3cc(-c5c6ccccc6c(-c6ccc7oc8ccccc8c7c6)c6ccccc56)ccc3-4)cc21. The lowest BCUT2D eigenvalue weighted by Gasteiger charge is -2.31. The molecule has 0 unspecified atom stereocenters. The second-order valence-electron chi connectivity index (χ2n) is 22.4. The van der Waals surface area contributed by atoms with Crippen molar-refractivity contribution in [3.63, 3.8) is 0 Å². The fraction of sp³-hybridized carbons (Fsp3) is 0.127. The predicted molar refractivity (Wildman–Crippen MR) is 307 cm³/mol. The largest absolute Gasteiger partial charge is 0.456 e. The molecule has 0 N–H and O–H groups in total. The van der Waals surface area contributed by atoms with Crippen LogP contribution in [0.5, 0.6) is 0 Å². The molecule has 0 aliphatic heterocycles. The van der Waals surface area contributed by atoms with Crippen LogP contribution in [-0.2, 0) is 16.2 Å². The second kappa shape index (κ2) is 14.8. The van der Waals surface area contributed by atoms with Crippen LogP contribution in [0.15, 0.2) is 217 Å². The summed E-state index contributed by atoms with van der Waals surface area (Å²) in [6.45, 7) is 14.4. The first kappa shape index (κ1) is 42.2. The van der Waals surface area contributed by atoms with Gasteiger partial charge in [0.1, 0.15) is 11.2 Å². The van der Waals surface area contributed by atoms with E-state index in [1.54, 1.807) is 0 Å². The molecule has 0 saturated heterocycles. The number of hydrogen-bond acceptors (Lipinski definition) is 2. The van der Waals surface area contributed by atoms with Crippen LogP contribution in [0.1, 0.15) is 74.9 Å². The van der Waals surface area contributed by atoms with E-state index < -0.39 is 0 Å². The van der Waals surface area contributed by atoms with Crippen LogP contribution in [0.25, 0.3) is 99.1 Å². The summed E-state index contributed by atoms with van der Waals surface area (Å²) in [6, 6.07) is 79.9. The van der Waals surface area contributed by atoms with Crippen LogP contribution in [-0.4, -0.2) is 0 Å². The van der Waals surface area contributed by atoms with E-state index in [0.717, 1.165) is 27.6 Å². The molecule has 0 radical (unpaired) electrons. The van der Waals surface area contributed by atoms with Crippen LogP contribution in [0, 0.1) is 0 Å². The van der Waals surface area contributed by atoms with Gasteiger partial charge in [0.2, 0.25) is 0 Å². The molecule has 0 atom stereocenters. The van der Waals surface area contributed by atoms with Crippen molar-refractivity contribution in [2.75, 3.05) is 4.90 Å². The molecule has 73 heavy (non-hydrogen) atoms. The highest BCUT2D eigenvalue weighted by Crippen LogP contribution is 2.56. The Kier molecular flexibility index (Phi) is 8.57. The van der Waals surface area contributed by atoms with Gasteiger partial charge in [-0.15, -0.1) is 0 Å². The topological polar surface area (TPSA) is 16.4 Å². The van der Waals surface area contributed by atoms with Gasteiger partial charge in [-0.2, -0.15) is 0 Å². The second-order valence-corrected chi connectivity index (χ2v) is 22.4. The van der Waals surface area contributed by atoms with E-state index in [1.807, 2.05) is 6.07 Å². The Morgan fingerprint density at radius 1 is 0.274 bits per heavy atom. The number of benzene rings is 11. The standard InChI is InChI=1S/C71H53NO/c1-69(2)59-24-14-11-17-47(59)50-33-29-44(39-62(50)69)72(45-30-34-51-48-18-12-15-25-60(48)70(3,4)63(51)40-45)46-31-35-52-49-32-27-43(38-61(49)71(5,6)64(52)41-46)68-56-22-9-7-20-54(56)67(55-21-8-10-23-57(55)68)42-28-36-66-58(37-42)53-19-13-16-26-65(53)73-66/h7-41H,1-6H3. The van der Waals surface area contributed by atoms with Crippen molar-refractivity contribution in [1.29, 1.82) is 0 Å². The summed E-state index contributed by atoms with van der Waals surface area (Å²) in [6.07, 6.45) is 0. The molecule has 0 bridgehead atoms. The monoisotopic (exact) mass is 935 g/mol. The number of fused-ring (bicyclic) bond motifs is 14. The first-order valence-electron chi connectivity index (χ1n) is 25.9. The summed E-state index contributed by atoms with van der Waals surface area (Å²) in [4.78, 5) is 2.52. The zero-order chi connectivity index (χ0) is 49.1. The van der Waals surface area contributed by atoms with Crippen LogP contribution in [0.4, 0.5) is 17.1 Å². The molecule has 12 aromatic rings. The van der Waals surface area contributed by atoms with Gasteiger partial charge >= 0.3 is 0 Å². The Bertz CT molecular complexity index is 4200. The zero-order valence-corrected chi connectivity index (χ0v) is 42.1. The first-order valence-corrected chi connectivity index (χ1v) is 25.9. The van der Waals surface area contributed by atoms with Crippen molar-refractivity contribution >= 4 is 60.5 Å². The van der Waals surface area contributed by atoms with E-state index in [9.17, 15) is 0 Å². The van der Waals surface area contributed by atoms with E-state index in [4.69, 9.17) is 4.42 Å². The Labute approximate surface area is 426 Å². The quantitative estimate of drug-likeness (QED) is 0.160. The number of nitrogens with zero attached hydrogens (tertiary/aromatic N) is 1. The maximum absolute atomic E-state index is 6.29. The molecular weight excluding hydrogens is 883 g/mol. The van der Waals surface area contributed by atoms with Crippen LogP contribution in [0.3, 0.4) is 0 Å². The summed E-state index contributed by atoms with van der Waals surface area (Å²) in [5.74, 6) is 0. The summed E-state index contributed by atoms with van der Waals surface area (Å²) in [5.41, 5.74) is 25.9. The van der Waals surface area contributed by atoms with Crippen LogP contribution < -0.4 is 4.90 Å². The minimum absolute atomic E-state index is 0.130. The van der Waals surface area contributed by atoms with Gasteiger partial charge in [-0.1, -0.05) is 193 Å². The van der Waals surface area contributed by atoms with E-state index in [2.05, 4.69) is 253 Å². The van der Waals surface area contributed by atoms with Crippen molar-refractivity contribution in [2.45, 2.75) is 57.8 Å². The van der Waals surface area contributed by atoms with Gasteiger partial charge in [-0.05, 0) is 171 Å². The van der Waals surface area contributed by atoms with Gasteiger partial charge in [-0.3, -0.25) is 0 Å². The molecule has 348 valence electrons. The van der Waals surface area contributed by atoms with Gasteiger partial charge in [-0.25, -0.2) is 0 Å². The summed E-state index contributed by atoms with van der Waals surface area (Å²) in [7, 11) is 0. The highest BCUT2D eigenvalue weighted by atomic mass is 16.3. The van der Waals surface area contributed by atoms with Gasteiger partial charge in [0, 0.05) is 44.1 Å². The van der Waals surface area contributed by atoms with Crippen molar-refractivity contribution in [3.8, 4) is 55.6 Å². The maximum Gasteiger partial charge on any atom is 0.135 e. The fourth-order valence-corrected chi connectivity index (χ4v) is 13.8. The number of rotatable bonds is 5. The van der Waals surface area contributed by atoms with Gasteiger partial charge in [0.15, 0.2) is 0 Å². The third kappa shape index (κ3) is 5.81. The van der Waals surface area contributed by atoms with Crippen molar-refractivity contribution in [3.05, 3.63) is 246 Å². The molecule has 0 fully saturated rings. The van der Waals surface area contributed by atoms with E-state index >= 15 is 0 Å². The van der Waals surface area contributed by atoms with Crippen LogP contribution >= 0.6 is 0 Å². The Balaban J connectivity index is 0.876. The predicted octanol–water partition coefficient (Wildman–Crippen LogP) is 19.6. The molecule has 1 aromatic heterocycles. The van der Waals surface area contributed by atoms with E-state index in [0.29, 0.717) is 0 Å². The Hall–Kier alpha value is -8.46. The molecule has 0 spiro atoms. The third-order valence-electron chi connectivity index (χ3n) is 17.5. The normalized spacial score (nSPS) is 15.0. The molecule has 3 aliphatic carbocycles.